The van der Waals surface area contributed by atoms with E-state index in [1.807, 2.05) is 29.3 Å². The van der Waals surface area contributed by atoms with E-state index in [1.54, 1.807) is 0 Å². The Bertz CT molecular complexity index is 4750. The minimum Gasteiger partial charge on any atom is -0.393 e. The third-order valence-electron chi connectivity index (χ3n) is 33.0. The number of hydrogen-bond donors (Lipinski definition) is 8. The van der Waals surface area contributed by atoms with Crippen LogP contribution < -0.4 is 4.68 Å². The number of ether oxygens (including phenoxy) is 4. The van der Waals surface area contributed by atoms with Crippen LogP contribution in [0.3, 0.4) is 0 Å². The lowest BCUT2D eigenvalue weighted by atomic mass is 9.45. The molecule has 1 unspecified atom stereocenters. The summed E-state index contributed by atoms with van der Waals surface area (Å²) in [6, 6.07) is 25.4. The van der Waals surface area contributed by atoms with Crippen molar-refractivity contribution >= 4 is 35.9 Å². The first kappa shape index (κ1) is 79.7. The second-order valence-electron chi connectivity index (χ2n) is 37.6. The van der Waals surface area contributed by atoms with E-state index in [0.29, 0.717) is 50.5 Å². The number of fused-ring (bicyclic) bond motifs is 20. The van der Waals surface area contributed by atoms with E-state index < -0.39 is 76.5 Å². The Morgan fingerprint density at radius 1 is 0.584 bits per heavy atom. The van der Waals surface area contributed by atoms with Crippen molar-refractivity contribution in [3.05, 3.63) is 178 Å². The fourth-order valence-corrected chi connectivity index (χ4v) is 27.6. The highest BCUT2D eigenvalue weighted by atomic mass is 16.9. The van der Waals surface area contributed by atoms with Gasteiger partial charge in [-0.25, -0.2) is 9.36 Å². The molecule has 5 heterocycles. The van der Waals surface area contributed by atoms with Crippen LogP contribution >= 0.6 is 0 Å². The van der Waals surface area contributed by atoms with Crippen LogP contribution in [0.1, 0.15) is 203 Å². The summed E-state index contributed by atoms with van der Waals surface area (Å²) in [7, 11) is 0. The number of allylic oxidation sites excluding steroid dienone is 3. The average molecular weight is 1540 g/mol. The number of rotatable bonds is 9. The molecule has 9 saturated carbocycles. The highest BCUT2D eigenvalue weighted by molar-refractivity contribution is 5.90. The molecule has 113 heavy (non-hydrogen) atoms. The van der Waals surface area contributed by atoms with Crippen molar-refractivity contribution in [2.45, 2.75) is 226 Å². The summed E-state index contributed by atoms with van der Waals surface area (Å²) in [5, 5.41) is 90.7. The zero-order chi connectivity index (χ0) is 78.8. The van der Waals surface area contributed by atoms with E-state index in [4.69, 9.17) is 29.1 Å². The topological polar surface area (TPSA) is 268 Å². The maximum atomic E-state index is 12.6. The van der Waals surface area contributed by atoms with Crippen molar-refractivity contribution in [2.75, 3.05) is 33.4 Å². The number of aromatic nitrogens is 6. The summed E-state index contributed by atoms with van der Waals surface area (Å²) >= 11 is 0. The van der Waals surface area contributed by atoms with Crippen molar-refractivity contribution in [3.63, 3.8) is 0 Å². The Labute approximate surface area is 666 Å². The minimum atomic E-state index is -1.55. The highest BCUT2D eigenvalue weighted by Crippen LogP contribution is 2.74. The van der Waals surface area contributed by atoms with Gasteiger partial charge in [0.25, 0.3) is 0 Å². The van der Waals surface area contributed by atoms with E-state index in [9.17, 15) is 45.3 Å². The number of aliphatic hydroxyl groups is 7. The summed E-state index contributed by atoms with van der Waals surface area (Å²) in [6.45, 7) is 27.0. The largest absolute Gasteiger partial charge is 0.393 e. The lowest BCUT2D eigenvalue weighted by Crippen LogP contribution is -2.66. The molecule has 19 heteroatoms. The molecule has 8 N–H and O–H groups in total. The van der Waals surface area contributed by atoms with Gasteiger partial charge in [0, 0.05) is 52.4 Å². The molecule has 12 aliphatic carbocycles. The predicted octanol–water partition coefficient (Wildman–Crippen LogP) is 13.5. The van der Waals surface area contributed by atoms with Gasteiger partial charge in [-0.2, -0.15) is 15.3 Å². The van der Waals surface area contributed by atoms with Gasteiger partial charge in [-0.3, -0.25) is 9.59 Å². The molecule has 11 fully saturated rings. The van der Waals surface area contributed by atoms with Crippen molar-refractivity contribution < 1.29 is 69.0 Å². The monoisotopic (exact) mass is 1540 g/mol. The van der Waals surface area contributed by atoms with Crippen molar-refractivity contribution in [1.82, 2.24) is 24.7 Å². The van der Waals surface area contributed by atoms with Crippen LogP contribution in [0.4, 0.5) is 0 Å². The molecule has 22 atom stereocenters. The quantitative estimate of drug-likeness (QED) is 0.0494. The van der Waals surface area contributed by atoms with Crippen molar-refractivity contribution in [1.29, 1.82) is 0 Å². The molecule has 14 aliphatic rings. The number of aryl methyl sites for hydroxylation is 2. The number of carbonyl (C=O) groups is 2. The summed E-state index contributed by atoms with van der Waals surface area (Å²) in [5.41, 5.74) is 12.3. The maximum Gasteiger partial charge on any atom is 0.241 e. The molecular weight excluding hydrogens is 1420 g/mol. The van der Waals surface area contributed by atoms with Gasteiger partial charge in [0.2, 0.25) is 17.2 Å². The van der Waals surface area contributed by atoms with E-state index in [0.717, 1.165) is 124 Å². The van der Waals surface area contributed by atoms with Crippen molar-refractivity contribution in [2.24, 2.45) is 85.8 Å². The molecule has 3 aromatic heterocycles. The van der Waals surface area contributed by atoms with Gasteiger partial charge in [0.05, 0.1) is 47.3 Å². The second-order valence-corrected chi connectivity index (χ2v) is 37.6. The summed E-state index contributed by atoms with van der Waals surface area (Å²) in [4.78, 5) is 25.3. The molecule has 0 bridgehead atoms. The number of Topliss-reactive ketones (excluding diaryl/α,β-unsaturated/α-hetero) is 2. The van der Waals surface area contributed by atoms with Crippen LogP contribution in [0.25, 0.3) is 41.4 Å². The Morgan fingerprint density at radius 2 is 1.03 bits per heavy atom. The molecule has 6 aromatic rings. The summed E-state index contributed by atoms with van der Waals surface area (Å²) in [5.74, 6) is 0.186. The lowest BCUT2D eigenvalue weighted by molar-refractivity contribution is -0.657. The molecule has 19 nitrogen and oxygen atoms in total. The highest BCUT2D eigenvalue weighted by Gasteiger charge is 2.77. The van der Waals surface area contributed by atoms with E-state index in [2.05, 4.69) is 181 Å². The number of aromatic amines is 1. The predicted molar refractivity (Wildman–Crippen MR) is 433 cm³/mol. The molecule has 0 amide bonds. The van der Waals surface area contributed by atoms with Gasteiger partial charge in [-0.15, -0.1) is 13.2 Å². The van der Waals surface area contributed by atoms with Gasteiger partial charge >= 0.3 is 0 Å². The van der Waals surface area contributed by atoms with Crippen LogP contribution in [-0.2, 0) is 54.2 Å². The van der Waals surface area contributed by atoms with E-state index >= 15 is 0 Å². The number of nitrogens with zero attached hydrogens (tertiary/aromatic N) is 5. The zero-order valence-electron chi connectivity index (χ0n) is 66.8. The number of nitrogens with one attached hydrogen (secondary N) is 1. The van der Waals surface area contributed by atoms with Crippen LogP contribution in [0, 0.1) is 92.7 Å². The molecule has 2 saturated heterocycles. The van der Waals surface area contributed by atoms with Crippen LogP contribution in [-0.4, -0.2) is 146 Å². The smallest absolute Gasteiger partial charge is 0.241 e. The van der Waals surface area contributed by atoms with Crippen LogP contribution in [0.5, 0.6) is 0 Å². The number of benzene rings is 3. The Hall–Kier alpha value is -7.11. The molecular formula is C94H121N6O13+. The maximum absolute atomic E-state index is 12.6. The SMILES string of the molecule is C.C=C.C=Cc1ccc(-n2cc3c(n2)C=C2CC[C@@H]4[C@H]([C@@H](O)C[C@@]5(C)[C@H]4CC[C@@]54OCOC45COCO5)[C@@]2(C)C3)cc1.CCc1ccc(-n2cc3c(n2)C=C2CC[C@@H]4[C@H]([C@@H](O)C[C@@]5(C)[C@H]4CC[C@]5(O)C(=O)CO)[C@@]2(C)C3)cc1.Cc1ccc(-[n+]2[nH]cc3c2C=C2CC[C@@H]4[C@H]([C@@H](O)C[C@@]5(C)[C@H]4CC[C@]5(O)C(=O)CO)[C@@]2(C)C3)cc1. The van der Waals surface area contributed by atoms with Crippen LogP contribution in [0.2, 0.25) is 0 Å². The standard InChI is InChI=1S/C32H38N2O5.C30H38N2O4.C29H36N2O4.C2H4.CH4/c1-4-20-5-8-23(9-6-20)34-16-21-14-29(2)22(13-26(21)33-34)7-10-24-25-11-12-31(30(25,3)15-27(35)28(24)29)32(39-19-37-31)17-36-18-38-32;1-4-18-5-8-21(9-6-18)32-16-19-14-28(2)20(13-24(19)31-32)7-10-22-23-11-12-30(36,26(35)17-33)29(23,3)15-25(34)27(22)28;1-17-4-7-20(8-5-17)31-23-12-19-6-9-21-22-10-11-29(35,25(34)16-32)28(22,3)14-24(33)26(21)27(19,2)13-18(23)15-30-31;1-2;/h4-6,8-9,13,16,24-25,27-28,35H,1,7,10-12,14-15,17-19H2,2-3H3;5-6,8-9,13,16,22-23,25,27,33-34,36H,4,7,10-12,14-15,17H2,1-3H3;4-5,7-8,12,15,21-22,24,26,32-33,35H,6,9-11,13-14,16H2,1-3H3;1-2H2;1H4/p+1/t24-,25-,27-,28+,29-,30-,31+,32?;22-,23-,25-,27+,28-,29-,30-;21-,22-,24-,26+,27-,28-,29-;;/m000../s1. The second kappa shape index (κ2) is 28.6. The number of aliphatic hydroxyl groups excluding tert-OH is 5. The van der Waals surface area contributed by atoms with Gasteiger partial charge in [0.15, 0.2) is 25.2 Å². The Kier molecular flexibility index (Phi) is 20.2. The first-order valence-electron chi connectivity index (χ1n) is 41.7. The minimum absolute atomic E-state index is 0. The van der Waals surface area contributed by atoms with E-state index in [1.165, 1.54) is 50.2 Å². The van der Waals surface area contributed by atoms with Crippen LogP contribution in [0.15, 0.2) is 128 Å². The lowest BCUT2D eigenvalue weighted by Gasteiger charge is -2.61. The zero-order valence-corrected chi connectivity index (χ0v) is 66.8. The van der Waals surface area contributed by atoms with Gasteiger partial charge in [-0.1, -0.05) is 132 Å². The molecule has 2 aliphatic heterocycles. The Morgan fingerprint density at radius 3 is 1.49 bits per heavy atom. The van der Waals surface area contributed by atoms with E-state index in [-0.39, 0.29) is 84.1 Å². The van der Waals surface area contributed by atoms with Gasteiger partial charge in [-0.05, 0) is 257 Å². The normalized spacial score (nSPS) is 40.0. The number of carbonyl (C=O) groups excluding carboxylic acids is 2. The number of H-pyrrole nitrogens is 1. The first-order chi connectivity index (χ1) is 53.6. The molecule has 3 aromatic carbocycles. The van der Waals surface area contributed by atoms with Gasteiger partial charge in [0.1, 0.15) is 36.6 Å². The third kappa shape index (κ3) is 11.6. The Balaban J connectivity index is 0.000000126. The molecule has 604 valence electrons. The van der Waals surface area contributed by atoms with Gasteiger partial charge < -0.3 is 54.7 Å². The third-order valence-corrected chi connectivity index (χ3v) is 33.0. The average Bonchev–Trinajstić information content (AvgIpc) is 1.52. The molecule has 0 radical (unpaired) electrons. The molecule has 2 spiro atoms. The fraction of sp³-hybridized carbons (Fsp3) is 0.585. The first-order valence-corrected chi connectivity index (χ1v) is 41.7. The van der Waals surface area contributed by atoms with Crippen molar-refractivity contribution in [3.8, 4) is 17.1 Å². The molecule has 20 rings (SSSR count). The fourth-order valence-electron chi connectivity index (χ4n) is 27.6. The summed E-state index contributed by atoms with van der Waals surface area (Å²) < 4.78 is 30.6. The number of hydrogen-bond acceptors (Lipinski definition) is 15. The number of ketones is 2. The summed E-state index contributed by atoms with van der Waals surface area (Å²) in [6.07, 6.45) is 28.9.